The van der Waals surface area contributed by atoms with E-state index >= 15 is 0 Å². The quantitative estimate of drug-likeness (QED) is 0.578. The molecule has 7 nitrogen and oxygen atoms in total. The summed E-state index contributed by atoms with van der Waals surface area (Å²) < 4.78 is 32.9. The number of nitrogens with zero attached hydrogens (tertiary/aromatic N) is 2. The Kier molecular flexibility index (Phi) is 7.08. The van der Waals surface area contributed by atoms with E-state index in [4.69, 9.17) is 4.74 Å². The van der Waals surface area contributed by atoms with Crippen LogP contribution in [-0.4, -0.2) is 56.8 Å². The van der Waals surface area contributed by atoms with Crippen LogP contribution in [0.25, 0.3) is 0 Å². The molecule has 0 radical (unpaired) electrons. The van der Waals surface area contributed by atoms with Gasteiger partial charge in [0.1, 0.15) is 12.4 Å². The summed E-state index contributed by atoms with van der Waals surface area (Å²) in [6.45, 7) is 2.79. The first-order valence-corrected chi connectivity index (χ1v) is 12.2. The van der Waals surface area contributed by atoms with Crippen molar-refractivity contribution in [3.05, 3.63) is 90.0 Å². The highest BCUT2D eigenvalue weighted by atomic mass is 32.2. The van der Waals surface area contributed by atoms with Gasteiger partial charge in [-0.1, -0.05) is 30.3 Å². The van der Waals surface area contributed by atoms with E-state index in [1.807, 2.05) is 49.5 Å². The van der Waals surface area contributed by atoms with E-state index in [1.165, 1.54) is 16.4 Å². The third-order valence-electron chi connectivity index (χ3n) is 5.58. The molecule has 1 amide bonds. The maximum Gasteiger partial charge on any atom is 0.255 e. The number of para-hydroxylation sites is 1. The fourth-order valence-corrected chi connectivity index (χ4v) is 4.95. The van der Waals surface area contributed by atoms with Crippen LogP contribution < -0.4 is 10.1 Å². The van der Waals surface area contributed by atoms with Crippen molar-refractivity contribution in [3.63, 3.8) is 0 Å². The van der Waals surface area contributed by atoms with Crippen LogP contribution in [0, 0.1) is 0 Å². The molecule has 0 saturated carbocycles. The first-order valence-electron chi connectivity index (χ1n) is 10.8. The third kappa shape index (κ3) is 5.78. The molecule has 3 aromatic carbocycles. The number of sulfonamides is 1. The average Bonchev–Trinajstić information content (AvgIpc) is 2.84. The van der Waals surface area contributed by atoms with E-state index in [9.17, 15) is 13.2 Å². The molecule has 0 spiro atoms. The molecule has 1 heterocycles. The number of ether oxygens (including phenoxy) is 1. The van der Waals surface area contributed by atoms with Gasteiger partial charge >= 0.3 is 0 Å². The lowest BCUT2D eigenvalue weighted by Crippen LogP contribution is -2.46. The first-order chi connectivity index (χ1) is 15.9. The summed E-state index contributed by atoms with van der Waals surface area (Å²) in [6, 6.07) is 23.0. The highest BCUT2D eigenvalue weighted by molar-refractivity contribution is 7.89. The predicted molar refractivity (Wildman–Crippen MR) is 128 cm³/mol. The Balaban J connectivity index is 1.34. The van der Waals surface area contributed by atoms with Crippen molar-refractivity contribution in [3.8, 4) is 5.75 Å². The minimum absolute atomic E-state index is 0.229. The van der Waals surface area contributed by atoms with Gasteiger partial charge in [-0.3, -0.25) is 4.79 Å². The van der Waals surface area contributed by atoms with E-state index in [1.54, 1.807) is 24.3 Å². The molecule has 0 unspecified atom stereocenters. The van der Waals surface area contributed by atoms with Gasteiger partial charge in [0.25, 0.3) is 5.91 Å². The van der Waals surface area contributed by atoms with Crippen molar-refractivity contribution in [1.29, 1.82) is 0 Å². The van der Waals surface area contributed by atoms with Crippen molar-refractivity contribution in [2.75, 3.05) is 38.5 Å². The number of hydrogen-bond donors (Lipinski definition) is 1. The van der Waals surface area contributed by atoms with Crippen molar-refractivity contribution in [1.82, 2.24) is 9.21 Å². The predicted octanol–water partition coefficient (Wildman–Crippen LogP) is 3.45. The second-order valence-electron chi connectivity index (χ2n) is 7.98. The topological polar surface area (TPSA) is 79.0 Å². The van der Waals surface area contributed by atoms with Crippen LogP contribution in [0.2, 0.25) is 0 Å². The normalized spacial score (nSPS) is 15.2. The number of piperazine rings is 1. The summed E-state index contributed by atoms with van der Waals surface area (Å²) in [4.78, 5) is 14.9. The Morgan fingerprint density at radius 2 is 1.52 bits per heavy atom. The van der Waals surface area contributed by atoms with Crippen LogP contribution in [-0.2, 0) is 16.6 Å². The molecular weight excluding hydrogens is 438 g/mol. The number of carbonyl (C=O) groups excluding carboxylic acids is 1. The Morgan fingerprint density at radius 1 is 0.879 bits per heavy atom. The van der Waals surface area contributed by atoms with Crippen molar-refractivity contribution < 1.29 is 17.9 Å². The van der Waals surface area contributed by atoms with Gasteiger partial charge in [-0.15, -0.1) is 0 Å². The minimum Gasteiger partial charge on any atom is -0.489 e. The molecule has 3 aromatic rings. The zero-order valence-corrected chi connectivity index (χ0v) is 19.3. The summed E-state index contributed by atoms with van der Waals surface area (Å²) in [5, 5.41) is 2.81. The Labute approximate surface area is 194 Å². The fraction of sp³-hybridized carbons (Fsp3) is 0.240. The number of carbonyl (C=O) groups is 1. The Morgan fingerprint density at radius 3 is 2.15 bits per heavy atom. The van der Waals surface area contributed by atoms with Gasteiger partial charge in [0, 0.05) is 37.4 Å². The highest BCUT2D eigenvalue weighted by Crippen LogP contribution is 2.20. The molecule has 1 aliphatic heterocycles. The lowest BCUT2D eigenvalue weighted by atomic mass is 10.1. The summed E-state index contributed by atoms with van der Waals surface area (Å²) >= 11 is 0. The summed E-state index contributed by atoms with van der Waals surface area (Å²) in [7, 11) is -1.55. The smallest absolute Gasteiger partial charge is 0.255 e. The third-order valence-corrected chi connectivity index (χ3v) is 7.49. The van der Waals surface area contributed by atoms with Crippen LogP contribution in [0.4, 0.5) is 5.69 Å². The number of likely N-dealkylation sites (N-methyl/N-ethyl adjacent to an activating group) is 1. The molecule has 4 rings (SSSR count). The lowest BCUT2D eigenvalue weighted by molar-refractivity contribution is 0.102. The molecule has 1 aliphatic rings. The Hall–Kier alpha value is -3.20. The van der Waals surface area contributed by atoms with E-state index in [0.29, 0.717) is 44.0 Å². The van der Waals surface area contributed by atoms with Crippen LogP contribution >= 0.6 is 0 Å². The molecule has 0 aromatic heterocycles. The van der Waals surface area contributed by atoms with Crippen LogP contribution in [0.15, 0.2) is 83.8 Å². The fourth-order valence-electron chi connectivity index (χ4n) is 3.53. The standard InChI is InChI=1S/C25H27N3O4S/c1-27-15-17-28(18-16-27)33(30,31)24-13-11-22(12-14-24)26-25(29)21-9-7-20(8-10-21)19-32-23-5-3-2-4-6-23/h2-14H,15-19H2,1H3,(H,26,29). The number of anilines is 1. The number of benzene rings is 3. The molecule has 1 saturated heterocycles. The van der Waals surface area contributed by atoms with Gasteiger partial charge < -0.3 is 15.0 Å². The molecule has 0 bridgehead atoms. The van der Waals surface area contributed by atoms with Gasteiger partial charge in [-0.05, 0) is 61.1 Å². The van der Waals surface area contributed by atoms with Crippen LogP contribution in [0.1, 0.15) is 15.9 Å². The number of rotatable bonds is 7. The second kappa shape index (κ2) is 10.2. The summed E-state index contributed by atoms with van der Waals surface area (Å²) in [5.41, 5.74) is 2.00. The molecule has 1 fully saturated rings. The number of amides is 1. The number of nitrogens with one attached hydrogen (secondary N) is 1. The zero-order chi connectivity index (χ0) is 23.3. The first kappa shape index (κ1) is 23.0. The summed E-state index contributed by atoms with van der Waals surface area (Å²) in [5.74, 6) is 0.526. The largest absolute Gasteiger partial charge is 0.489 e. The van der Waals surface area contributed by atoms with E-state index in [-0.39, 0.29) is 10.8 Å². The molecule has 172 valence electrons. The molecule has 0 aliphatic carbocycles. The van der Waals surface area contributed by atoms with Crippen molar-refractivity contribution in [2.45, 2.75) is 11.5 Å². The molecule has 1 N–H and O–H groups in total. The van der Waals surface area contributed by atoms with Crippen LogP contribution in [0.5, 0.6) is 5.75 Å². The molecule has 8 heteroatoms. The maximum absolute atomic E-state index is 12.8. The molecule has 33 heavy (non-hydrogen) atoms. The monoisotopic (exact) mass is 465 g/mol. The summed E-state index contributed by atoms with van der Waals surface area (Å²) in [6.07, 6.45) is 0. The SMILES string of the molecule is CN1CCN(S(=O)(=O)c2ccc(NC(=O)c3ccc(COc4ccccc4)cc3)cc2)CC1. The number of hydrogen-bond acceptors (Lipinski definition) is 5. The second-order valence-corrected chi connectivity index (χ2v) is 9.92. The zero-order valence-electron chi connectivity index (χ0n) is 18.5. The van der Waals surface area contributed by atoms with Gasteiger partial charge in [-0.25, -0.2) is 8.42 Å². The Bertz CT molecular complexity index is 1170. The minimum atomic E-state index is -3.53. The molecular formula is C25H27N3O4S. The van der Waals surface area contributed by atoms with Crippen molar-refractivity contribution in [2.24, 2.45) is 0 Å². The van der Waals surface area contributed by atoms with Gasteiger partial charge in [0.05, 0.1) is 4.90 Å². The lowest BCUT2D eigenvalue weighted by Gasteiger charge is -2.31. The maximum atomic E-state index is 12.8. The van der Waals surface area contributed by atoms with Crippen molar-refractivity contribution >= 4 is 21.6 Å². The van der Waals surface area contributed by atoms with Crippen LogP contribution in [0.3, 0.4) is 0 Å². The van der Waals surface area contributed by atoms with Gasteiger partial charge in [0.2, 0.25) is 10.0 Å². The average molecular weight is 466 g/mol. The van der Waals surface area contributed by atoms with Gasteiger partial charge in [0.15, 0.2) is 0 Å². The highest BCUT2D eigenvalue weighted by Gasteiger charge is 2.27. The molecule has 0 atom stereocenters. The van der Waals surface area contributed by atoms with E-state index < -0.39 is 10.0 Å². The van der Waals surface area contributed by atoms with E-state index in [0.717, 1.165) is 11.3 Å². The van der Waals surface area contributed by atoms with Gasteiger partial charge in [-0.2, -0.15) is 4.31 Å². The van der Waals surface area contributed by atoms with E-state index in [2.05, 4.69) is 10.2 Å².